The third kappa shape index (κ3) is 4.19. The predicted molar refractivity (Wildman–Crippen MR) is 89.2 cm³/mol. The fraction of sp³-hybridized carbons (Fsp3) is 0.500. The summed E-state index contributed by atoms with van der Waals surface area (Å²) in [4.78, 5) is 9.67. The lowest BCUT2D eigenvalue weighted by Crippen LogP contribution is -2.27. The molecule has 2 atom stereocenters. The summed E-state index contributed by atoms with van der Waals surface area (Å²) in [6.45, 7) is 4.53. The van der Waals surface area contributed by atoms with Gasteiger partial charge in [0, 0.05) is 32.4 Å². The molecule has 140 valence electrons. The molecule has 1 aromatic carbocycles. The number of likely N-dealkylation sites (tertiary alicyclic amines) is 1. The van der Waals surface area contributed by atoms with Gasteiger partial charge >= 0.3 is 6.36 Å². The van der Waals surface area contributed by atoms with Crippen LogP contribution in [-0.2, 0) is 13.1 Å². The second kappa shape index (κ2) is 6.92. The third-order valence-electron chi connectivity index (χ3n) is 5.23. The van der Waals surface area contributed by atoms with E-state index in [1.54, 1.807) is 18.5 Å². The van der Waals surface area contributed by atoms with Gasteiger partial charge in [-0.1, -0.05) is 12.1 Å². The van der Waals surface area contributed by atoms with E-state index >= 15 is 0 Å². The number of aromatic nitrogens is 2. The Hall–Kier alpha value is -2.06. The summed E-state index contributed by atoms with van der Waals surface area (Å²) in [6.07, 6.45) is -1.02. The number of benzene rings is 1. The fourth-order valence-corrected chi connectivity index (χ4v) is 4.01. The Bertz CT molecular complexity index is 722. The second-order valence-corrected chi connectivity index (χ2v) is 7.07. The first-order valence-corrected chi connectivity index (χ1v) is 8.73. The molecule has 0 spiro atoms. The number of hydrogen-bond acceptors (Lipinski definition) is 4. The summed E-state index contributed by atoms with van der Waals surface area (Å²) < 4.78 is 40.8. The van der Waals surface area contributed by atoms with Crippen molar-refractivity contribution in [2.24, 2.45) is 17.8 Å². The maximum Gasteiger partial charge on any atom is 0.573 e. The Balaban J connectivity index is 1.19. The minimum absolute atomic E-state index is 0.172. The largest absolute Gasteiger partial charge is 0.573 e. The van der Waals surface area contributed by atoms with Crippen molar-refractivity contribution >= 4 is 0 Å². The van der Waals surface area contributed by atoms with E-state index in [4.69, 9.17) is 0 Å². The van der Waals surface area contributed by atoms with Crippen LogP contribution in [-0.4, -0.2) is 40.9 Å². The number of ether oxygens (including phenoxy) is 1. The first-order valence-electron chi connectivity index (χ1n) is 8.73. The monoisotopic (exact) mass is 366 g/mol. The van der Waals surface area contributed by atoms with Crippen LogP contribution in [0.4, 0.5) is 13.2 Å². The molecule has 4 rings (SSSR count). The molecule has 8 heteroatoms. The van der Waals surface area contributed by atoms with Crippen molar-refractivity contribution in [2.45, 2.75) is 19.5 Å². The minimum atomic E-state index is -4.65. The van der Waals surface area contributed by atoms with Crippen LogP contribution in [0.2, 0.25) is 0 Å². The van der Waals surface area contributed by atoms with Crippen LogP contribution in [0.25, 0.3) is 0 Å². The summed E-state index contributed by atoms with van der Waals surface area (Å²) in [7, 11) is 0. The van der Waals surface area contributed by atoms with Crippen LogP contribution in [0.1, 0.15) is 11.3 Å². The first kappa shape index (κ1) is 17.4. The highest BCUT2D eigenvalue weighted by molar-refractivity contribution is 5.28. The molecule has 2 aliphatic rings. The van der Waals surface area contributed by atoms with E-state index in [9.17, 15) is 13.2 Å². The van der Waals surface area contributed by atoms with Crippen molar-refractivity contribution in [1.82, 2.24) is 20.2 Å². The standard InChI is InChI=1S/C18H21F3N4O/c19-18(20,21)26-14-3-1-2-12(4-14)5-22-7-15-16-9-25(10-17(15)16)8-13-6-23-11-24-13/h1-4,6,11,15-17,22H,5,7-10H2,(H,23,24). The van der Waals surface area contributed by atoms with Gasteiger partial charge in [0.2, 0.25) is 0 Å². The average Bonchev–Trinajstić information content (AvgIpc) is 2.97. The Kier molecular flexibility index (Phi) is 4.62. The molecule has 2 aromatic rings. The molecule has 2 fully saturated rings. The lowest BCUT2D eigenvalue weighted by atomic mass is 10.2. The highest BCUT2D eigenvalue weighted by Gasteiger charge is 2.54. The number of fused-ring (bicyclic) bond motifs is 1. The van der Waals surface area contributed by atoms with Crippen molar-refractivity contribution in [1.29, 1.82) is 0 Å². The molecule has 5 nitrogen and oxygen atoms in total. The Morgan fingerprint density at radius 2 is 2.08 bits per heavy atom. The van der Waals surface area contributed by atoms with Gasteiger partial charge in [-0.2, -0.15) is 0 Å². The summed E-state index contributed by atoms with van der Waals surface area (Å²) >= 11 is 0. The van der Waals surface area contributed by atoms with Crippen molar-refractivity contribution in [3.8, 4) is 5.75 Å². The van der Waals surface area contributed by atoms with Crippen LogP contribution in [0, 0.1) is 17.8 Å². The number of nitrogens with zero attached hydrogens (tertiary/aromatic N) is 2. The lowest BCUT2D eigenvalue weighted by Gasteiger charge is -2.18. The molecule has 1 aromatic heterocycles. The van der Waals surface area contributed by atoms with Gasteiger partial charge in [0.1, 0.15) is 5.75 Å². The number of alkyl halides is 3. The number of imidazole rings is 1. The van der Waals surface area contributed by atoms with Crippen molar-refractivity contribution in [3.63, 3.8) is 0 Å². The lowest BCUT2D eigenvalue weighted by molar-refractivity contribution is -0.274. The predicted octanol–water partition coefficient (Wildman–Crippen LogP) is 2.78. The maximum atomic E-state index is 12.3. The zero-order valence-corrected chi connectivity index (χ0v) is 14.2. The van der Waals surface area contributed by atoms with Crippen LogP contribution < -0.4 is 10.1 Å². The molecule has 2 unspecified atom stereocenters. The Labute approximate surface area is 149 Å². The van der Waals surface area contributed by atoms with Crippen molar-refractivity contribution < 1.29 is 17.9 Å². The van der Waals surface area contributed by atoms with E-state index in [1.807, 2.05) is 6.20 Å². The molecule has 0 radical (unpaired) electrons. The molecule has 1 aliphatic carbocycles. The quantitative estimate of drug-likeness (QED) is 0.791. The van der Waals surface area contributed by atoms with Gasteiger partial charge in [-0.25, -0.2) is 4.98 Å². The van der Waals surface area contributed by atoms with Gasteiger partial charge in [-0.15, -0.1) is 13.2 Å². The number of halogens is 3. The van der Waals surface area contributed by atoms with Gasteiger partial charge in [0.15, 0.2) is 0 Å². The number of piperidine rings is 1. The highest BCUT2D eigenvalue weighted by Crippen LogP contribution is 2.51. The van der Waals surface area contributed by atoms with Crippen molar-refractivity contribution in [3.05, 3.63) is 48.0 Å². The summed E-state index contributed by atoms with van der Waals surface area (Å²) in [5, 5.41) is 3.37. The Morgan fingerprint density at radius 1 is 1.27 bits per heavy atom. The van der Waals surface area contributed by atoms with Gasteiger partial charge in [-0.3, -0.25) is 4.90 Å². The zero-order valence-electron chi connectivity index (χ0n) is 14.2. The number of hydrogen-bond donors (Lipinski definition) is 2. The van der Waals surface area contributed by atoms with Crippen molar-refractivity contribution in [2.75, 3.05) is 19.6 Å². The number of rotatable bonds is 7. The number of H-pyrrole nitrogens is 1. The van der Waals surface area contributed by atoms with Crippen LogP contribution in [0.15, 0.2) is 36.8 Å². The molecule has 26 heavy (non-hydrogen) atoms. The summed E-state index contributed by atoms with van der Waals surface area (Å²) in [6, 6.07) is 6.13. The van der Waals surface area contributed by atoms with Crippen LogP contribution >= 0.6 is 0 Å². The van der Waals surface area contributed by atoms with E-state index in [0.717, 1.165) is 49.3 Å². The molecular weight excluding hydrogens is 345 g/mol. The van der Waals surface area contributed by atoms with Gasteiger partial charge < -0.3 is 15.0 Å². The van der Waals surface area contributed by atoms with Crippen LogP contribution in [0.3, 0.4) is 0 Å². The molecule has 2 N–H and O–H groups in total. The molecule has 1 saturated heterocycles. The SMILES string of the molecule is FC(F)(F)Oc1cccc(CNCC2C3CN(Cc4c[nH]cn4)CC23)c1. The topological polar surface area (TPSA) is 53.2 Å². The van der Waals surface area contributed by atoms with E-state index in [2.05, 4.69) is 24.9 Å². The normalized spacial score (nSPS) is 25.3. The minimum Gasteiger partial charge on any atom is -0.406 e. The molecule has 1 saturated carbocycles. The Morgan fingerprint density at radius 3 is 2.77 bits per heavy atom. The zero-order chi connectivity index (χ0) is 18.1. The average molecular weight is 366 g/mol. The van der Waals surface area contributed by atoms with Gasteiger partial charge in [-0.05, 0) is 42.0 Å². The van der Waals surface area contributed by atoms with E-state index < -0.39 is 6.36 Å². The van der Waals surface area contributed by atoms with Gasteiger partial charge in [0.05, 0.1) is 12.0 Å². The van der Waals surface area contributed by atoms with Crippen LogP contribution in [0.5, 0.6) is 5.75 Å². The fourth-order valence-electron chi connectivity index (χ4n) is 4.01. The molecule has 0 bridgehead atoms. The van der Waals surface area contributed by atoms with E-state index in [-0.39, 0.29) is 5.75 Å². The second-order valence-electron chi connectivity index (χ2n) is 7.07. The number of aromatic amines is 1. The maximum absolute atomic E-state index is 12.3. The van der Waals surface area contributed by atoms with Gasteiger partial charge in [0.25, 0.3) is 0 Å². The summed E-state index contributed by atoms with van der Waals surface area (Å²) in [5.41, 5.74) is 1.86. The third-order valence-corrected chi connectivity index (χ3v) is 5.23. The smallest absolute Gasteiger partial charge is 0.406 e. The number of nitrogens with one attached hydrogen (secondary N) is 2. The highest BCUT2D eigenvalue weighted by atomic mass is 19.4. The summed E-state index contributed by atoms with van der Waals surface area (Å²) in [5.74, 6) is 1.94. The molecule has 2 heterocycles. The molecule has 1 aliphatic heterocycles. The molecule has 0 amide bonds. The van der Waals surface area contributed by atoms with E-state index in [0.29, 0.717) is 12.5 Å². The molecular formula is C18H21F3N4O. The van der Waals surface area contributed by atoms with E-state index in [1.165, 1.54) is 12.1 Å². The first-order chi connectivity index (χ1) is 12.5.